The Bertz CT molecular complexity index is 1230. The molecule has 8 heteroatoms. The molecule has 0 bridgehead atoms. The van der Waals surface area contributed by atoms with Gasteiger partial charge in [0.15, 0.2) is 4.80 Å². The highest BCUT2D eigenvalue weighted by Gasteiger charge is 2.14. The molecule has 150 valence electrons. The summed E-state index contributed by atoms with van der Waals surface area (Å²) in [5.41, 5.74) is 2.89. The van der Waals surface area contributed by atoms with Gasteiger partial charge in [0.1, 0.15) is 11.5 Å². The van der Waals surface area contributed by atoms with E-state index in [-0.39, 0.29) is 11.5 Å². The molecule has 0 saturated heterocycles. The third kappa shape index (κ3) is 4.33. The Morgan fingerprint density at radius 2 is 1.83 bits per heavy atom. The van der Waals surface area contributed by atoms with Crippen molar-refractivity contribution in [3.05, 3.63) is 105 Å². The van der Waals surface area contributed by atoms with Crippen LogP contribution in [0.25, 0.3) is 11.3 Å². The maximum Gasteiger partial charge on any atom is 0.294 e. The van der Waals surface area contributed by atoms with Gasteiger partial charge >= 0.3 is 0 Å². The molecule has 2 aromatic carbocycles. The lowest BCUT2D eigenvalue weighted by Crippen LogP contribution is -2.17. The van der Waals surface area contributed by atoms with Gasteiger partial charge in [-0.2, -0.15) is 0 Å². The molecule has 0 N–H and O–H groups in total. The van der Waals surface area contributed by atoms with Gasteiger partial charge in [0, 0.05) is 36.3 Å². The first-order chi connectivity index (χ1) is 14.6. The zero-order valence-corrected chi connectivity index (χ0v) is 16.6. The molecule has 2 aromatic heterocycles. The quantitative estimate of drug-likeness (QED) is 0.320. The molecule has 0 aliphatic heterocycles. The lowest BCUT2D eigenvalue weighted by molar-refractivity contribution is -0.384. The number of para-hydroxylation sites is 2. The number of nitrogens with zero attached hydrogens (tertiary/aromatic N) is 4. The van der Waals surface area contributed by atoms with Crippen LogP contribution in [0.2, 0.25) is 0 Å². The van der Waals surface area contributed by atoms with Crippen LogP contribution in [-0.2, 0) is 13.0 Å². The third-order valence-corrected chi connectivity index (χ3v) is 5.41. The number of thiazole rings is 1. The molecule has 4 rings (SSSR count). The summed E-state index contributed by atoms with van der Waals surface area (Å²) < 4.78 is 15.4. The Hall–Kier alpha value is -3.65. The van der Waals surface area contributed by atoms with Gasteiger partial charge in [0.2, 0.25) is 0 Å². The van der Waals surface area contributed by atoms with Crippen molar-refractivity contribution in [3.8, 4) is 11.3 Å². The standard InChI is InChI=1S/C22H17FN4O2S/c23-17-10-8-16(9-11-17)21-15-30-22(25-19-6-1-2-7-20(19)27(28)29)26(21)14-12-18-5-3-4-13-24-18/h1-11,13,15H,12,14H2. The lowest BCUT2D eigenvalue weighted by Gasteiger charge is -2.09. The van der Waals surface area contributed by atoms with Gasteiger partial charge in [-0.15, -0.1) is 11.3 Å². The SMILES string of the molecule is O=[N+]([O-])c1ccccc1N=c1scc(-c2ccc(F)cc2)n1CCc1ccccn1. The smallest absolute Gasteiger partial charge is 0.294 e. The van der Waals surface area contributed by atoms with Crippen LogP contribution in [-0.4, -0.2) is 14.5 Å². The fraction of sp³-hybridized carbons (Fsp3) is 0.0909. The molecule has 0 unspecified atom stereocenters. The Morgan fingerprint density at radius 3 is 2.57 bits per heavy atom. The molecule has 2 heterocycles. The molecule has 0 fully saturated rings. The van der Waals surface area contributed by atoms with E-state index >= 15 is 0 Å². The molecule has 4 aromatic rings. The van der Waals surface area contributed by atoms with E-state index in [0.29, 0.717) is 23.5 Å². The van der Waals surface area contributed by atoms with E-state index in [1.165, 1.54) is 29.5 Å². The molecule has 0 saturated carbocycles. The highest BCUT2D eigenvalue weighted by Crippen LogP contribution is 2.27. The summed E-state index contributed by atoms with van der Waals surface area (Å²) >= 11 is 1.39. The molecule has 30 heavy (non-hydrogen) atoms. The van der Waals surface area contributed by atoms with Crippen LogP contribution in [0.5, 0.6) is 0 Å². The lowest BCUT2D eigenvalue weighted by atomic mass is 10.1. The van der Waals surface area contributed by atoms with Crippen LogP contribution in [0, 0.1) is 15.9 Å². The van der Waals surface area contributed by atoms with Gasteiger partial charge < -0.3 is 4.57 Å². The number of aryl methyl sites for hydroxylation is 1. The second-order valence-electron chi connectivity index (χ2n) is 6.49. The zero-order chi connectivity index (χ0) is 20.9. The Labute approximate surface area is 175 Å². The molecule has 0 aliphatic carbocycles. The number of nitro groups is 1. The average molecular weight is 420 g/mol. The van der Waals surface area contributed by atoms with Crippen molar-refractivity contribution >= 4 is 22.7 Å². The molecule has 6 nitrogen and oxygen atoms in total. The second-order valence-corrected chi connectivity index (χ2v) is 7.33. The van der Waals surface area contributed by atoms with Gasteiger partial charge in [-0.25, -0.2) is 9.38 Å². The predicted molar refractivity (Wildman–Crippen MR) is 114 cm³/mol. The minimum atomic E-state index is -0.439. The van der Waals surface area contributed by atoms with Crippen LogP contribution in [0.3, 0.4) is 0 Å². The van der Waals surface area contributed by atoms with E-state index in [0.717, 1.165) is 17.0 Å². The maximum absolute atomic E-state index is 13.4. The van der Waals surface area contributed by atoms with Gasteiger partial charge in [-0.3, -0.25) is 15.1 Å². The summed E-state index contributed by atoms with van der Waals surface area (Å²) in [6.45, 7) is 0.576. The van der Waals surface area contributed by atoms with Crippen molar-refractivity contribution in [2.24, 2.45) is 4.99 Å². The summed E-state index contributed by atoms with van der Waals surface area (Å²) in [5.74, 6) is -0.307. The topological polar surface area (TPSA) is 73.3 Å². The van der Waals surface area contributed by atoms with E-state index in [4.69, 9.17) is 0 Å². The van der Waals surface area contributed by atoms with Gasteiger partial charge in [0.25, 0.3) is 5.69 Å². The largest absolute Gasteiger partial charge is 0.316 e. The number of rotatable bonds is 6. The van der Waals surface area contributed by atoms with E-state index in [2.05, 4.69) is 9.98 Å². The summed E-state index contributed by atoms with van der Waals surface area (Å²) in [4.78, 5) is 20.5. The molecule has 0 aliphatic rings. The average Bonchev–Trinajstić information content (AvgIpc) is 3.16. The van der Waals surface area contributed by atoms with Crippen LogP contribution in [0.15, 0.2) is 83.3 Å². The number of aromatic nitrogens is 2. The monoisotopic (exact) mass is 420 g/mol. The Morgan fingerprint density at radius 1 is 1.07 bits per heavy atom. The number of hydrogen-bond donors (Lipinski definition) is 0. The number of nitro benzene ring substituents is 1. The van der Waals surface area contributed by atoms with E-state index in [9.17, 15) is 14.5 Å². The first kappa shape index (κ1) is 19.7. The van der Waals surface area contributed by atoms with Crippen molar-refractivity contribution in [1.82, 2.24) is 9.55 Å². The van der Waals surface area contributed by atoms with Gasteiger partial charge in [0.05, 0.1) is 10.6 Å². The normalized spacial score (nSPS) is 11.6. The van der Waals surface area contributed by atoms with Gasteiger partial charge in [-0.05, 0) is 48.0 Å². The molecular formula is C22H17FN4O2S. The number of pyridine rings is 1. The van der Waals surface area contributed by atoms with Crippen molar-refractivity contribution in [2.75, 3.05) is 0 Å². The summed E-state index contributed by atoms with van der Waals surface area (Å²) in [5, 5.41) is 13.3. The fourth-order valence-electron chi connectivity index (χ4n) is 3.07. The fourth-order valence-corrected chi connectivity index (χ4v) is 4.02. The van der Waals surface area contributed by atoms with Gasteiger partial charge in [-0.1, -0.05) is 18.2 Å². The third-order valence-electron chi connectivity index (χ3n) is 4.55. The molecule has 0 spiro atoms. The summed E-state index contributed by atoms with van der Waals surface area (Å²) in [7, 11) is 0. The highest BCUT2D eigenvalue weighted by atomic mass is 32.1. The predicted octanol–water partition coefficient (Wildman–Crippen LogP) is 5.13. The zero-order valence-electron chi connectivity index (χ0n) is 15.8. The minimum absolute atomic E-state index is 0.0505. The number of hydrogen-bond acceptors (Lipinski definition) is 5. The van der Waals surface area contributed by atoms with Crippen molar-refractivity contribution in [3.63, 3.8) is 0 Å². The van der Waals surface area contributed by atoms with Crippen LogP contribution < -0.4 is 4.80 Å². The molecule has 0 atom stereocenters. The van der Waals surface area contributed by atoms with E-state index < -0.39 is 4.92 Å². The first-order valence-electron chi connectivity index (χ1n) is 9.24. The van der Waals surface area contributed by atoms with Crippen LogP contribution in [0.4, 0.5) is 15.8 Å². The summed E-state index contributed by atoms with van der Waals surface area (Å²) in [6, 6.07) is 18.4. The second kappa shape index (κ2) is 8.79. The van der Waals surface area contributed by atoms with Crippen molar-refractivity contribution in [1.29, 1.82) is 0 Å². The Kier molecular flexibility index (Phi) is 5.76. The number of halogens is 1. The molecule has 0 amide bonds. The minimum Gasteiger partial charge on any atom is -0.316 e. The molecular weight excluding hydrogens is 403 g/mol. The van der Waals surface area contributed by atoms with E-state index in [1.807, 2.05) is 28.1 Å². The van der Waals surface area contributed by atoms with E-state index in [1.54, 1.807) is 36.5 Å². The van der Waals surface area contributed by atoms with Crippen molar-refractivity contribution in [2.45, 2.75) is 13.0 Å². The first-order valence-corrected chi connectivity index (χ1v) is 10.1. The maximum atomic E-state index is 13.4. The van der Waals surface area contributed by atoms with Crippen molar-refractivity contribution < 1.29 is 9.31 Å². The van der Waals surface area contributed by atoms with Crippen LogP contribution >= 0.6 is 11.3 Å². The van der Waals surface area contributed by atoms with Crippen LogP contribution in [0.1, 0.15) is 5.69 Å². The summed E-state index contributed by atoms with van der Waals surface area (Å²) in [6.07, 6.45) is 2.41. The number of benzene rings is 2. The molecule has 0 radical (unpaired) electrons. The highest BCUT2D eigenvalue weighted by molar-refractivity contribution is 7.07. The Balaban J connectivity index is 1.80.